The van der Waals surface area contributed by atoms with Crippen molar-refractivity contribution in [1.82, 2.24) is 0 Å². The summed E-state index contributed by atoms with van der Waals surface area (Å²) in [6.07, 6.45) is 0. The summed E-state index contributed by atoms with van der Waals surface area (Å²) in [5.41, 5.74) is -0.0955. The summed E-state index contributed by atoms with van der Waals surface area (Å²) >= 11 is 0. The molecule has 0 heterocycles. The molecule has 1 aromatic carbocycles. The van der Waals surface area contributed by atoms with Crippen LogP contribution in [0, 0.1) is 23.0 Å². The van der Waals surface area contributed by atoms with E-state index in [2.05, 4.69) is 0 Å². The van der Waals surface area contributed by atoms with Crippen LogP contribution in [0.4, 0.5) is 8.78 Å². The standard InChI is InChI=1S/C14H17F2NO4/c1-18-2-3-19-4-5-20-6-7-21-14-12(15)8-11(10-17)9-13(14)16/h8-9H,2-7H2,1H3. The van der Waals surface area contributed by atoms with Gasteiger partial charge in [-0.1, -0.05) is 0 Å². The van der Waals surface area contributed by atoms with Crippen molar-refractivity contribution in [2.75, 3.05) is 46.8 Å². The molecule has 0 amide bonds. The second kappa shape index (κ2) is 10.0. The molecule has 0 aromatic heterocycles. The van der Waals surface area contributed by atoms with Crippen LogP contribution in [0.3, 0.4) is 0 Å². The van der Waals surface area contributed by atoms with Gasteiger partial charge in [-0.05, 0) is 12.1 Å². The lowest BCUT2D eigenvalue weighted by atomic mass is 10.2. The molecule has 0 saturated heterocycles. The maximum atomic E-state index is 13.5. The Morgan fingerprint density at radius 3 is 2.00 bits per heavy atom. The van der Waals surface area contributed by atoms with E-state index in [1.807, 2.05) is 0 Å². The molecule has 1 aromatic rings. The molecule has 0 spiro atoms. The fourth-order valence-electron chi connectivity index (χ4n) is 1.43. The number of ether oxygens (including phenoxy) is 4. The Labute approximate surface area is 122 Å². The van der Waals surface area contributed by atoms with Crippen LogP contribution in [0.1, 0.15) is 5.56 Å². The van der Waals surface area contributed by atoms with Crippen molar-refractivity contribution >= 4 is 0 Å². The van der Waals surface area contributed by atoms with Gasteiger partial charge in [0.1, 0.15) is 6.61 Å². The first-order valence-corrected chi connectivity index (χ1v) is 6.35. The van der Waals surface area contributed by atoms with Gasteiger partial charge in [0, 0.05) is 7.11 Å². The SMILES string of the molecule is COCCOCCOCCOc1c(F)cc(C#N)cc1F. The highest BCUT2D eigenvalue weighted by molar-refractivity contribution is 5.37. The van der Waals surface area contributed by atoms with Crippen LogP contribution in [-0.4, -0.2) is 46.8 Å². The Hall–Kier alpha value is -1.75. The molecule has 0 bridgehead atoms. The summed E-state index contributed by atoms with van der Waals surface area (Å²) in [5, 5.41) is 8.56. The van der Waals surface area contributed by atoms with Gasteiger partial charge in [-0.3, -0.25) is 0 Å². The number of hydrogen-bond acceptors (Lipinski definition) is 5. The van der Waals surface area contributed by atoms with E-state index in [9.17, 15) is 8.78 Å². The normalized spacial score (nSPS) is 10.4. The van der Waals surface area contributed by atoms with Gasteiger partial charge in [0.2, 0.25) is 0 Å². The van der Waals surface area contributed by atoms with Crippen LogP contribution >= 0.6 is 0 Å². The van der Waals surface area contributed by atoms with Crippen LogP contribution in [0.2, 0.25) is 0 Å². The Morgan fingerprint density at radius 2 is 1.48 bits per heavy atom. The zero-order valence-electron chi connectivity index (χ0n) is 11.7. The van der Waals surface area contributed by atoms with Gasteiger partial charge in [-0.2, -0.15) is 5.26 Å². The van der Waals surface area contributed by atoms with Crippen LogP contribution < -0.4 is 4.74 Å². The predicted molar refractivity (Wildman–Crippen MR) is 70.1 cm³/mol. The first-order valence-electron chi connectivity index (χ1n) is 6.35. The van der Waals surface area contributed by atoms with E-state index >= 15 is 0 Å². The number of rotatable bonds is 10. The maximum absolute atomic E-state index is 13.5. The second-order valence-corrected chi connectivity index (χ2v) is 3.95. The molecule has 0 atom stereocenters. The number of hydrogen-bond donors (Lipinski definition) is 0. The smallest absolute Gasteiger partial charge is 0.190 e. The molecule has 0 aliphatic heterocycles. The van der Waals surface area contributed by atoms with E-state index in [1.54, 1.807) is 13.2 Å². The summed E-state index contributed by atoms with van der Waals surface area (Å²) in [4.78, 5) is 0. The third-order valence-corrected chi connectivity index (χ3v) is 2.41. The van der Waals surface area contributed by atoms with Crippen molar-refractivity contribution in [3.8, 4) is 11.8 Å². The van der Waals surface area contributed by atoms with E-state index < -0.39 is 17.4 Å². The van der Waals surface area contributed by atoms with Gasteiger partial charge in [-0.15, -0.1) is 0 Å². The van der Waals surface area contributed by atoms with Crippen molar-refractivity contribution in [2.45, 2.75) is 0 Å². The minimum atomic E-state index is -0.908. The van der Waals surface area contributed by atoms with E-state index in [-0.39, 0.29) is 18.8 Å². The molecule has 21 heavy (non-hydrogen) atoms. The second-order valence-electron chi connectivity index (χ2n) is 3.95. The van der Waals surface area contributed by atoms with E-state index in [1.165, 1.54) is 0 Å². The zero-order valence-corrected chi connectivity index (χ0v) is 11.7. The van der Waals surface area contributed by atoms with Crippen molar-refractivity contribution < 1.29 is 27.7 Å². The molecular weight excluding hydrogens is 284 g/mol. The topological polar surface area (TPSA) is 60.7 Å². The molecular formula is C14H17F2NO4. The monoisotopic (exact) mass is 301 g/mol. The van der Waals surface area contributed by atoms with Gasteiger partial charge in [0.05, 0.1) is 44.7 Å². The number of halogens is 2. The number of methoxy groups -OCH3 is 1. The van der Waals surface area contributed by atoms with Crippen molar-refractivity contribution in [2.24, 2.45) is 0 Å². The minimum absolute atomic E-state index is 0.00217. The van der Waals surface area contributed by atoms with Gasteiger partial charge in [0.15, 0.2) is 17.4 Å². The first-order chi connectivity index (χ1) is 10.2. The minimum Gasteiger partial charge on any atom is -0.485 e. The third kappa shape index (κ3) is 6.49. The van der Waals surface area contributed by atoms with Gasteiger partial charge >= 0.3 is 0 Å². The highest BCUT2D eigenvalue weighted by Crippen LogP contribution is 2.22. The molecule has 0 fully saturated rings. The summed E-state index contributed by atoms with van der Waals surface area (Å²) in [6.45, 7) is 1.93. The average Bonchev–Trinajstić information content (AvgIpc) is 2.47. The number of nitrogens with zero attached hydrogens (tertiary/aromatic N) is 1. The molecule has 0 radical (unpaired) electrons. The van der Waals surface area contributed by atoms with Crippen molar-refractivity contribution in [3.05, 3.63) is 29.3 Å². The van der Waals surface area contributed by atoms with Crippen LogP contribution in [0.5, 0.6) is 5.75 Å². The van der Waals surface area contributed by atoms with E-state index in [0.29, 0.717) is 26.4 Å². The van der Waals surface area contributed by atoms with Crippen molar-refractivity contribution in [1.29, 1.82) is 5.26 Å². The van der Waals surface area contributed by atoms with Crippen LogP contribution in [0.15, 0.2) is 12.1 Å². The molecule has 1 rings (SSSR count). The van der Waals surface area contributed by atoms with Crippen LogP contribution in [0.25, 0.3) is 0 Å². The van der Waals surface area contributed by atoms with Crippen molar-refractivity contribution in [3.63, 3.8) is 0 Å². The lowest BCUT2D eigenvalue weighted by Crippen LogP contribution is -2.13. The quantitative estimate of drug-likeness (QED) is 0.618. The average molecular weight is 301 g/mol. The number of nitriles is 1. The molecule has 0 unspecified atom stereocenters. The summed E-state index contributed by atoms with van der Waals surface area (Å²) in [6, 6.07) is 3.50. The Kier molecular flexibility index (Phi) is 8.28. The Balaban J connectivity index is 2.20. The summed E-state index contributed by atoms with van der Waals surface area (Å²) in [7, 11) is 1.58. The molecule has 7 heteroatoms. The molecule has 0 aliphatic rings. The van der Waals surface area contributed by atoms with E-state index in [0.717, 1.165) is 12.1 Å². The van der Waals surface area contributed by atoms with E-state index in [4.69, 9.17) is 24.2 Å². The first kappa shape index (κ1) is 17.3. The largest absolute Gasteiger partial charge is 0.485 e. The molecule has 116 valence electrons. The zero-order chi connectivity index (χ0) is 15.5. The fraction of sp³-hybridized carbons (Fsp3) is 0.500. The third-order valence-electron chi connectivity index (χ3n) is 2.41. The lowest BCUT2D eigenvalue weighted by molar-refractivity contribution is 0.0174. The summed E-state index contributed by atoms with van der Waals surface area (Å²) in [5.74, 6) is -2.32. The summed E-state index contributed by atoms with van der Waals surface area (Å²) < 4.78 is 47.0. The van der Waals surface area contributed by atoms with Gasteiger partial charge < -0.3 is 18.9 Å². The number of benzene rings is 1. The fourth-order valence-corrected chi connectivity index (χ4v) is 1.43. The molecule has 5 nitrogen and oxygen atoms in total. The molecule has 0 aliphatic carbocycles. The molecule has 0 saturated carbocycles. The lowest BCUT2D eigenvalue weighted by Gasteiger charge is -2.09. The predicted octanol–water partition coefficient (Wildman–Crippen LogP) is 1.89. The van der Waals surface area contributed by atoms with Crippen LogP contribution in [-0.2, 0) is 14.2 Å². The highest BCUT2D eigenvalue weighted by atomic mass is 19.1. The van der Waals surface area contributed by atoms with Gasteiger partial charge in [0.25, 0.3) is 0 Å². The van der Waals surface area contributed by atoms with Gasteiger partial charge in [-0.25, -0.2) is 8.78 Å². The maximum Gasteiger partial charge on any atom is 0.190 e. The Morgan fingerprint density at radius 1 is 0.952 bits per heavy atom. The Bertz CT molecular complexity index is 454. The highest BCUT2D eigenvalue weighted by Gasteiger charge is 2.12. The molecule has 0 N–H and O–H groups in total.